The Kier molecular flexibility index (Phi) is 5.29. The number of carbonyl (C=O) groups is 1. The molecular formula is C25H23N5O2. The molecule has 2 heterocycles. The lowest BCUT2D eigenvalue weighted by Crippen LogP contribution is -2.28. The summed E-state index contributed by atoms with van der Waals surface area (Å²) in [5, 5.41) is 10.9. The number of ether oxygens (including phenoxy) is 1. The molecule has 0 spiro atoms. The van der Waals surface area contributed by atoms with Gasteiger partial charge in [-0.05, 0) is 29.7 Å². The summed E-state index contributed by atoms with van der Waals surface area (Å²) in [5.74, 6) is 1.05. The van der Waals surface area contributed by atoms with Gasteiger partial charge >= 0.3 is 0 Å². The van der Waals surface area contributed by atoms with E-state index in [0.717, 1.165) is 12.0 Å². The van der Waals surface area contributed by atoms with Gasteiger partial charge in [-0.25, -0.2) is 4.68 Å². The van der Waals surface area contributed by atoms with E-state index in [1.54, 1.807) is 18.2 Å². The van der Waals surface area contributed by atoms with Crippen LogP contribution in [-0.4, -0.2) is 27.8 Å². The van der Waals surface area contributed by atoms with Crippen molar-refractivity contribution >= 4 is 17.8 Å². The smallest absolute Gasteiger partial charge is 0.261 e. The van der Waals surface area contributed by atoms with Crippen LogP contribution in [0.5, 0.6) is 5.75 Å². The van der Waals surface area contributed by atoms with Crippen molar-refractivity contribution < 1.29 is 9.53 Å². The van der Waals surface area contributed by atoms with Gasteiger partial charge in [0.1, 0.15) is 5.75 Å². The highest BCUT2D eigenvalue weighted by Crippen LogP contribution is 2.38. The number of anilines is 2. The van der Waals surface area contributed by atoms with E-state index >= 15 is 0 Å². The predicted molar refractivity (Wildman–Crippen MR) is 123 cm³/mol. The molecule has 0 unspecified atom stereocenters. The molecule has 2 atom stereocenters. The number of nitrogens with zero attached hydrogens (tertiary/aromatic N) is 3. The van der Waals surface area contributed by atoms with E-state index in [2.05, 4.69) is 45.0 Å². The predicted octanol–water partition coefficient (Wildman–Crippen LogP) is 4.69. The average molecular weight is 425 g/mol. The van der Waals surface area contributed by atoms with Gasteiger partial charge in [0.15, 0.2) is 0 Å². The van der Waals surface area contributed by atoms with E-state index < -0.39 is 0 Å². The van der Waals surface area contributed by atoms with Crippen molar-refractivity contribution in [1.82, 2.24) is 14.8 Å². The Labute approximate surface area is 186 Å². The zero-order valence-corrected chi connectivity index (χ0v) is 17.6. The number of amides is 1. The van der Waals surface area contributed by atoms with E-state index in [1.165, 1.54) is 12.7 Å². The van der Waals surface area contributed by atoms with E-state index in [9.17, 15) is 4.79 Å². The largest absolute Gasteiger partial charge is 0.496 e. The molecular weight excluding hydrogens is 402 g/mol. The van der Waals surface area contributed by atoms with Gasteiger partial charge < -0.3 is 10.1 Å². The first kappa shape index (κ1) is 19.8. The number of methoxy groups -OCH3 is 1. The molecule has 0 radical (unpaired) electrons. The van der Waals surface area contributed by atoms with Gasteiger partial charge in [0.25, 0.3) is 11.9 Å². The van der Waals surface area contributed by atoms with Crippen molar-refractivity contribution in [3.8, 4) is 5.75 Å². The second-order valence-electron chi connectivity index (χ2n) is 7.63. The van der Waals surface area contributed by atoms with E-state index in [0.29, 0.717) is 17.3 Å². The van der Waals surface area contributed by atoms with Gasteiger partial charge in [-0.2, -0.15) is 4.98 Å². The standard InChI is InChI=1S/C25H23N5O2/c1-32-22-15-9-8-14-19(22)23(31)27-24-28-25-26-20(17-10-4-2-5-11-17)16-21(30(25)29-24)18-12-6-3-7-13-18/h2-15,20-21H,16H2,1H3,(H2,26,27,28,29,31)/t20-,21-/m1/s1. The van der Waals surface area contributed by atoms with E-state index in [1.807, 2.05) is 47.1 Å². The Morgan fingerprint density at radius 2 is 1.62 bits per heavy atom. The van der Waals surface area contributed by atoms with Gasteiger partial charge in [-0.3, -0.25) is 10.1 Å². The Morgan fingerprint density at radius 1 is 0.969 bits per heavy atom. The summed E-state index contributed by atoms with van der Waals surface area (Å²) in [6.45, 7) is 0. The van der Waals surface area contributed by atoms with Crippen molar-refractivity contribution in [2.75, 3.05) is 17.7 Å². The SMILES string of the molecule is COc1ccccc1C(=O)Nc1nc2n(n1)[C@@H](c1ccccc1)C[C@H](c1ccccc1)N2. The molecule has 32 heavy (non-hydrogen) atoms. The fourth-order valence-corrected chi connectivity index (χ4v) is 4.09. The number of fused-ring (bicyclic) bond motifs is 1. The summed E-state index contributed by atoms with van der Waals surface area (Å²) in [6, 6.07) is 27.7. The second-order valence-corrected chi connectivity index (χ2v) is 7.63. The van der Waals surface area contributed by atoms with Gasteiger partial charge in [0.2, 0.25) is 5.95 Å². The third-order valence-electron chi connectivity index (χ3n) is 5.65. The zero-order valence-electron chi connectivity index (χ0n) is 17.6. The molecule has 1 amide bonds. The molecule has 7 heteroatoms. The minimum atomic E-state index is -0.318. The summed E-state index contributed by atoms with van der Waals surface area (Å²) in [7, 11) is 1.54. The van der Waals surface area contributed by atoms with Crippen LogP contribution in [0, 0.1) is 0 Å². The van der Waals surface area contributed by atoms with E-state index in [4.69, 9.17) is 4.74 Å². The molecule has 0 fully saturated rings. The molecule has 1 aliphatic heterocycles. The molecule has 0 saturated heterocycles. The number of benzene rings is 3. The summed E-state index contributed by atoms with van der Waals surface area (Å²) < 4.78 is 7.16. The maximum atomic E-state index is 12.8. The minimum Gasteiger partial charge on any atom is -0.496 e. The van der Waals surface area contributed by atoms with Crippen molar-refractivity contribution in [2.45, 2.75) is 18.5 Å². The highest BCUT2D eigenvalue weighted by molar-refractivity contribution is 6.05. The van der Waals surface area contributed by atoms with Gasteiger partial charge in [-0.1, -0.05) is 72.8 Å². The summed E-state index contributed by atoms with van der Waals surface area (Å²) in [6.07, 6.45) is 0.810. The zero-order chi connectivity index (χ0) is 21.9. The van der Waals surface area contributed by atoms with Crippen molar-refractivity contribution in [3.05, 3.63) is 102 Å². The number of rotatable bonds is 5. The Hall–Kier alpha value is -4.13. The third kappa shape index (κ3) is 3.80. The number of para-hydroxylation sites is 1. The fourth-order valence-electron chi connectivity index (χ4n) is 4.09. The number of carbonyl (C=O) groups excluding carboxylic acids is 1. The quantitative estimate of drug-likeness (QED) is 0.485. The van der Waals surface area contributed by atoms with Gasteiger partial charge in [0.05, 0.1) is 24.8 Å². The Bertz CT molecular complexity index is 1220. The molecule has 1 aliphatic rings. The molecule has 0 aliphatic carbocycles. The van der Waals surface area contributed by atoms with Crippen LogP contribution in [0.3, 0.4) is 0 Å². The minimum absolute atomic E-state index is 0.0120. The lowest BCUT2D eigenvalue weighted by atomic mass is 9.93. The van der Waals surface area contributed by atoms with Crippen LogP contribution in [-0.2, 0) is 0 Å². The van der Waals surface area contributed by atoms with Crippen LogP contribution in [0.4, 0.5) is 11.9 Å². The Morgan fingerprint density at radius 3 is 2.34 bits per heavy atom. The highest BCUT2D eigenvalue weighted by atomic mass is 16.5. The second kappa shape index (κ2) is 8.55. The summed E-state index contributed by atoms with van der Waals surface area (Å²) in [4.78, 5) is 17.4. The third-order valence-corrected chi connectivity index (χ3v) is 5.65. The molecule has 2 N–H and O–H groups in total. The van der Waals surface area contributed by atoms with Crippen LogP contribution in [0.25, 0.3) is 0 Å². The number of hydrogen-bond donors (Lipinski definition) is 2. The van der Waals surface area contributed by atoms with Gasteiger partial charge in [0, 0.05) is 0 Å². The number of aromatic nitrogens is 3. The van der Waals surface area contributed by atoms with Crippen LogP contribution in [0.1, 0.15) is 40.0 Å². The number of nitrogens with one attached hydrogen (secondary N) is 2. The first-order valence-electron chi connectivity index (χ1n) is 10.5. The van der Waals surface area contributed by atoms with Crippen molar-refractivity contribution in [3.63, 3.8) is 0 Å². The van der Waals surface area contributed by atoms with Crippen LogP contribution < -0.4 is 15.4 Å². The first-order valence-corrected chi connectivity index (χ1v) is 10.5. The maximum absolute atomic E-state index is 12.8. The number of hydrogen-bond acceptors (Lipinski definition) is 5. The molecule has 160 valence electrons. The molecule has 0 saturated carbocycles. The monoisotopic (exact) mass is 425 g/mol. The molecule has 0 bridgehead atoms. The normalized spacial score (nSPS) is 17.2. The molecule has 7 nitrogen and oxygen atoms in total. The Balaban J connectivity index is 1.48. The molecule has 4 aromatic rings. The lowest BCUT2D eigenvalue weighted by Gasteiger charge is -2.31. The first-order chi connectivity index (χ1) is 15.7. The fraction of sp³-hybridized carbons (Fsp3) is 0.160. The highest BCUT2D eigenvalue weighted by Gasteiger charge is 2.31. The van der Waals surface area contributed by atoms with Crippen molar-refractivity contribution in [1.29, 1.82) is 0 Å². The van der Waals surface area contributed by atoms with E-state index in [-0.39, 0.29) is 23.9 Å². The summed E-state index contributed by atoms with van der Waals surface area (Å²) >= 11 is 0. The topological polar surface area (TPSA) is 81.1 Å². The van der Waals surface area contributed by atoms with Crippen molar-refractivity contribution in [2.24, 2.45) is 0 Å². The van der Waals surface area contributed by atoms with Crippen LogP contribution in [0.15, 0.2) is 84.9 Å². The molecule has 1 aromatic heterocycles. The maximum Gasteiger partial charge on any atom is 0.261 e. The van der Waals surface area contributed by atoms with Crippen LogP contribution in [0.2, 0.25) is 0 Å². The molecule has 5 rings (SSSR count). The lowest BCUT2D eigenvalue weighted by molar-refractivity contribution is 0.102. The summed E-state index contributed by atoms with van der Waals surface area (Å²) in [5.41, 5.74) is 2.75. The molecule has 3 aromatic carbocycles. The van der Waals surface area contributed by atoms with Crippen LogP contribution >= 0.6 is 0 Å². The van der Waals surface area contributed by atoms with Gasteiger partial charge in [-0.15, -0.1) is 5.10 Å². The average Bonchev–Trinajstić information content (AvgIpc) is 3.26.